The Balaban J connectivity index is 2.29. The number of nitrogens with zero attached hydrogens (tertiary/aromatic N) is 1. The van der Waals surface area contributed by atoms with Gasteiger partial charge in [-0.25, -0.2) is 0 Å². The number of anilines is 1. The summed E-state index contributed by atoms with van der Waals surface area (Å²) in [5, 5.41) is 11.6. The number of alkyl halides is 3. The monoisotopic (exact) mass is 308 g/mol. The van der Waals surface area contributed by atoms with Crippen LogP contribution in [-0.2, 0) is 11.0 Å². The van der Waals surface area contributed by atoms with Crippen LogP contribution in [0.1, 0.15) is 37.8 Å². The number of rotatable bonds is 2. The Kier molecular flexibility index (Phi) is 4.01. The standard InChI is InChI=1S/C16H15F3N2O/c1-15(2)6-5-12(8-14(15)22)21-11-4-3-10(9-20)13(7-11)16(17,18)19/h3-4,7-8,21H,5-6H2,1-2H3. The van der Waals surface area contributed by atoms with Crippen LogP contribution in [0.15, 0.2) is 30.0 Å². The van der Waals surface area contributed by atoms with Crippen LogP contribution >= 0.6 is 0 Å². The summed E-state index contributed by atoms with van der Waals surface area (Å²) in [7, 11) is 0. The van der Waals surface area contributed by atoms with E-state index in [4.69, 9.17) is 5.26 Å². The van der Waals surface area contributed by atoms with E-state index in [-0.39, 0.29) is 11.5 Å². The molecule has 0 aliphatic heterocycles. The summed E-state index contributed by atoms with van der Waals surface area (Å²) in [5.41, 5.74) is -1.05. The average molecular weight is 308 g/mol. The van der Waals surface area contributed by atoms with Gasteiger partial charge in [-0.15, -0.1) is 0 Å². The van der Waals surface area contributed by atoms with E-state index in [1.165, 1.54) is 18.2 Å². The first-order valence-electron chi connectivity index (χ1n) is 6.77. The molecule has 0 unspecified atom stereocenters. The highest BCUT2D eigenvalue weighted by Gasteiger charge is 2.34. The third-order valence-corrected chi connectivity index (χ3v) is 3.74. The second-order valence-corrected chi connectivity index (χ2v) is 5.91. The van der Waals surface area contributed by atoms with Crippen LogP contribution < -0.4 is 5.32 Å². The second-order valence-electron chi connectivity index (χ2n) is 5.91. The zero-order valence-corrected chi connectivity index (χ0v) is 12.2. The molecule has 0 saturated heterocycles. The second kappa shape index (κ2) is 5.48. The molecule has 22 heavy (non-hydrogen) atoms. The highest BCUT2D eigenvalue weighted by Crippen LogP contribution is 2.35. The van der Waals surface area contributed by atoms with Crippen molar-refractivity contribution in [2.45, 2.75) is 32.9 Å². The molecule has 3 nitrogen and oxygen atoms in total. The molecule has 0 fully saturated rings. The molecule has 1 aromatic rings. The minimum atomic E-state index is -4.60. The maximum atomic E-state index is 12.9. The van der Waals surface area contributed by atoms with E-state index in [2.05, 4.69) is 5.32 Å². The van der Waals surface area contributed by atoms with Gasteiger partial charge < -0.3 is 5.32 Å². The minimum Gasteiger partial charge on any atom is -0.359 e. The van der Waals surface area contributed by atoms with Gasteiger partial charge in [-0.1, -0.05) is 13.8 Å². The van der Waals surface area contributed by atoms with Gasteiger partial charge in [0.15, 0.2) is 5.78 Å². The van der Waals surface area contributed by atoms with E-state index in [1.807, 2.05) is 13.8 Å². The highest BCUT2D eigenvalue weighted by atomic mass is 19.4. The molecule has 0 amide bonds. The van der Waals surface area contributed by atoms with Crippen molar-refractivity contribution < 1.29 is 18.0 Å². The number of benzene rings is 1. The maximum absolute atomic E-state index is 12.9. The Labute approximate surface area is 126 Å². The van der Waals surface area contributed by atoms with Crippen LogP contribution in [0.25, 0.3) is 0 Å². The molecule has 0 saturated carbocycles. The first-order chi connectivity index (χ1) is 10.1. The van der Waals surface area contributed by atoms with E-state index >= 15 is 0 Å². The van der Waals surface area contributed by atoms with Crippen LogP contribution in [0.2, 0.25) is 0 Å². The van der Waals surface area contributed by atoms with Crippen molar-refractivity contribution in [1.29, 1.82) is 5.26 Å². The van der Waals surface area contributed by atoms with Gasteiger partial charge in [0.25, 0.3) is 0 Å². The lowest BCUT2D eigenvalue weighted by Gasteiger charge is -2.27. The topological polar surface area (TPSA) is 52.9 Å². The van der Waals surface area contributed by atoms with Crippen LogP contribution in [0.3, 0.4) is 0 Å². The van der Waals surface area contributed by atoms with Crippen molar-refractivity contribution in [3.05, 3.63) is 41.1 Å². The van der Waals surface area contributed by atoms with Crippen molar-refractivity contribution in [3.63, 3.8) is 0 Å². The molecule has 1 N–H and O–H groups in total. The van der Waals surface area contributed by atoms with E-state index in [0.29, 0.717) is 18.5 Å². The van der Waals surface area contributed by atoms with Crippen molar-refractivity contribution in [2.75, 3.05) is 5.32 Å². The van der Waals surface area contributed by atoms with Crippen LogP contribution in [0.4, 0.5) is 18.9 Å². The van der Waals surface area contributed by atoms with Gasteiger partial charge in [0, 0.05) is 22.9 Å². The summed E-state index contributed by atoms with van der Waals surface area (Å²) in [6.07, 6.45) is -1.94. The van der Waals surface area contributed by atoms with E-state index in [1.54, 1.807) is 0 Å². The number of nitriles is 1. The maximum Gasteiger partial charge on any atom is 0.417 e. The number of carbonyl (C=O) groups is 1. The van der Waals surface area contributed by atoms with Crippen LogP contribution in [-0.4, -0.2) is 5.78 Å². The number of halogens is 3. The molecule has 6 heteroatoms. The van der Waals surface area contributed by atoms with Gasteiger partial charge in [0.05, 0.1) is 17.2 Å². The molecule has 1 aliphatic rings. The summed E-state index contributed by atoms with van der Waals surface area (Å²) < 4.78 is 38.7. The van der Waals surface area contributed by atoms with Gasteiger partial charge in [0.2, 0.25) is 0 Å². The molecular formula is C16H15F3N2O. The zero-order chi connectivity index (χ0) is 16.5. The Bertz CT molecular complexity index is 682. The van der Waals surface area contributed by atoms with Gasteiger partial charge in [-0.3, -0.25) is 4.79 Å². The lowest BCUT2D eigenvalue weighted by molar-refractivity contribution is -0.137. The van der Waals surface area contributed by atoms with Crippen molar-refractivity contribution in [2.24, 2.45) is 5.41 Å². The Morgan fingerprint density at radius 1 is 1.32 bits per heavy atom. The van der Waals surface area contributed by atoms with Crippen molar-refractivity contribution in [3.8, 4) is 6.07 Å². The molecule has 0 radical (unpaired) electrons. The minimum absolute atomic E-state index is 0.0501. The quantitative estimate of drug-likeness (QED) is 0.888. The number of carbonyl (C=O) groups excluding carboxylic acids is 1. The van der Waals surface area contributed by atoms with Crippen LogP contribution in [0, 0.1) is 16.7 Å². The molecule has 0 aromatic heterocycles. The third-order valence-electron chi connectivity index (χ3n) is 3.74. The average Bonchev–Trinajstić information content (AvgIpc) is 2.42. The molecular weight excluding hydrogens is 293 g/mol. The molecule has 116 valence electrons. The fourth-order valence-corrected chi connectivity index (χ4v) is 2.23. The molecule has 0 bridgehead atoms. The van der Waals surface area contributed by atoms with E-state index in [0.717, 1.165) is 12.1 Å². The number of hydrogen-bond acceptors (Lipinski definition) is 3. The molecule has 0 heterocycles. The number of hydrogen-bond donors (Lipinski definition) is 1. The van der Waals surface area contributed by atoms with Crippen molar-refractivity contribution in [1.82, 2.24) is 0 Å². The first kappa shape index (κ1) is 16.1. The zero-order valence-electron chi connectivity index (χ0n) is 12.2. The summed E-state index contributed by atoms with van der Waals surface area (Å²) in [4.78, 5) is 11.9. The Morgan fingerprint density at radius 2 is 2.00 bits per heavy atom. The molecule has 2 rings (SSSR count). The van der Waals surface area contributed by atoms with Crippen molar-refractivity contribution >= 4 is 11.5 Å². The number of nitrogens with one attached hydrogen (secondary N) is 1. The normalized spacial score (nSPS) is 17.6. The number of allylic oxidation sites excluding steroid dienone is 2. The molecule has 1 aliphatic carbocycles. The third kappa shape index (κ3) is 3.30. The molecule has 0 spiro atoms. The lowest BCUT2D eigenvalue weighted by Crippen LogP contribution is -2.27. The summed E-state index contributed by atoms with van der Waals surface area (Å²) in [6, 6.07) is 4.95. The first-order valence-corrected chi connectivity index (χ1v) is 6.77. The largest absolute Gasteiger partial charge is 0.417 e. The fourth-order valence-electron chi connectivity index (χ4n) is 2.23. The summed E-state index contributed by atoms with van der Waals surface area (Å²) in [5.74, 6) is -0.0501. The highest BCUT2D eigenvalue weighted by molar-refractivity contribution is 5.96. The van der Waals surface area contributed by atoms with Gasteiger partial charge in [0.1, 0.15) is 0 Å². The van der Waals surface area contributed by atoms with E-state index in [9.17, 15) is 18.0 Å². The summed E-state index contributed by atoms with van der Waals surface area (Å²) in [6.45, 7) is 3.68. The Hall–Kier alpha value is -2.29. The molecule has 1 aromatic carbocycles. The van der Waals surface area contributed by atoms with Gasteiger partial charge >= 0.3 is 6.18 Å². The summed E-state index contributed by atoms with van der Waals surface area (Å²) >= 11 is 0. The fraction of sp³-hybridized carbons (Fsp3) is 0.375. The molecule has 0 atom stereocenters. The van der Waals surface area contributed by atoms with Gasteiger partial charge in [-0.2, -0.15) is 18.4 Å². The number of ketones is 1. The SMILES string of the molecule is CC1(C)CCC(Nc2ccc(C#N)c(C(F)(F)F)c2)=CC1=O. The Morgan fingerprint density at radius 3 is 2.55 bits per heavy atom. The lowest BCUT2D eigenvalue weighted by atomic mass is 9.79. The predicted molar refractivity (Wildman–Crippen MR) is 75.9 cm³/mol. The van der Waals surface area contributed by atoms with Crippen LogP contribution in [0.5, 0.6) is 0 Å². The van der Waals surface area contributed by atoms with E-state index < -0.39 is 22.7 Å². The van der Waals surface area contributed by atoms with Gasteiger partial charge in [-0.05, 0) is 31.0 Å². The predicted octanol–water partition coefficient (Wildman–Crippen LogP) is 4.26. The smallest absolute Gasteiger partial charge is 0.359 e.